The zero-order valence-electron chi connectivity index (χ0n) is 8.19. The van der Waals surface area contributed by atoms with Gasteiger partial charge >= 0.3 is 0 Å². The summed E-state index contributed by atoms with van der Waals surface area (Å²) in [6.45, 7) is 6.99. The molecule has 0 spiro atoms. The summed E-state index contributed by atoms with van der Waals surface area (Å²) in [5.41, 5.74) is 0. The molecule has 0 heterocycles. The Kier molecular flexibility index (Phi) is 3.42. The second-order valence-electron chi connectivity index (χ2n) is 4.40. The first-order chi connectivity index (χ1) is 5.20. The van der Waals surface area contributed by atoms with Crippen molar-refractivity contribution in [3.05, 3.63) is 5.92 Å². The summed E-state index contributed by atoms with van der Waals surface area (Å²) >= 11 is 0. The Hall–Kier alpha value is 0. The van der Waals surface area contributed by atoms with E-state index in [1.165, 1.54) is 32.1 Å². The largest absolute Gasteiger partial charge is 0.0625 e. The molecule has 2 atom stereocenters. The Morgan fingerprint density at radius 3 is 2.36 bits per heavy atom. The Labute approximate surface area is 71.4 Å². The van der Waals surface area contributed by atoms with Crippen molar-refractivity contribution in [3.8, 4) is 0 Å². The van der Waals surface area contributed by atoms with Crippen molar-refractivity contribution in [2.75, 3.05) is 0 Å². The first kappa shape index (κ1) is 9.09. The molecule has 1 radical (unpaired) electrons. The monoisotopic (exact) mass is 153 g/mol. The van der Waals surface area contributed by atoms with Gasteiger partial charge in [0.2, 0.25) is 0 Å². The molecule has 0 aromatic rings. The van der Waals surface area contributed by atoms with Gasteiger partial charge in [-0.1, -0.05) is 40.0 Å². The number of hydrogen-bond acceptors (Lipinski definition) is 0. The van der Waals surface area contributed by atoms with Crippen molar-refractivity contribution < 1.29 is 0 Å². The van der Waals surface area contributed by atoms with Crippen LogP contribution >= 0.6 is 0 Å². The standard InChI is InChI=1S/C11H21/c1-9(2)11-7-5-4-6-10(3)8-11/h10-11H,4-8H2,1-3H3. The van der Waals surface area contributed by atoms with Crippen LogP contribution in [-0.4, -0.2) is 0 Å². The molecular formula is C11H21. The molecule has 0 aromatic carbocycles. The molecule has 11 heavy (non-hydrogen) atoms. The van der Waals surface area contributed by atoms with Crippen LogP contribution in [-0.2, 0) is 0 Å². The minimum absolute atomic E-state index is 0.937. The van der Waals surface area contributed by atoms with Gasteiger partial charge in [0.1, 0.15) is 0 Å². The van der Waals surface area contributed by atoms with Crippen LogP contribution in [0, 0.1) is 17.8 Å². The van der Waals surface area contributed by atoms with Crippen molar-refractivity contribution in [1.82, 2.24) is 0 Å². The molecular weight excluding hydrogens is 132 g/mol. The highest BCUT2D eigenvalue weighted by atomic mass is 14.2. The van der Waals surface area contributed by atoms with E-state index in [0.29, 0.717) is 0 Å². The van der Waals surface area contributed by atoms with Crippen LogP contribution in [0.15, 0.2) is 0 Å². The summed E-state index contributed by atoms with van der Waals surface area (Å²) in [6, 6.07) is 0. The van der Waals surface area contributed by atoms with Gasteiger partial charge in [-0.05, 0) is 30.6 Å². The van der Waals surface area contributed by atoms with E-state index in [2.05, 4.69) is 20.8 Å². The van der Waals surface area contributed by atoms with Gasteiger partial charge in [-0.25, -0.2) is 0 Å². The minimum atomic E-state index is 0.937. The van der Waals surface area contributed by atoms with Crippen molar-refractivity contribution in [2.24, 2.45) is 11.8 Å². The molecule has 0 heteroatoms. The number of hydrogen-bond donors (Lipinski definition) is 0. The minimum Gasteiger partial charge on any atom is -0.0625 e. The van der Waals surface area contributed by atoms with E-state index in [9.17, 15) is 0 Å². The van der Waals surface area contributed by atoms with Gasteiger partial charge in [-0.3, -0.25) is 0 Å². The molecule has 1 rings (SSSR count). The molecule has 0 aliphatic heterocycles. The van der Waals surface area contributed by atoms with Crippen LogP contribution in [0.1, 0.15) is 52.9 Å². The van der Waals surface area contributed by atoms with Crippen molar-refractivity contribution >= 4 is 0 Å². The quantitative estimate of drug-likeness (QED) is 0.502. The average Bonchev–Trinajstić information content (AvgIpc) is 2.13. The fourth-order valence-corrected chi connectivity index (χ4v) is 2.13. The summed E-state index contributed by atoms with van der Waals surface area (Å²) in [6.07, 6.45) is 7.28. The lowest BCUT2D eigenvalue weighted by atomic mass is 9.86. The van der Waals surface area contributed by atoms with Crippen LogP contribution in [0.5, 0.6) is 0 Å². The van der Waals surface area contributed by atoms with Crippen molar-refractivity contribution in [2.45, 2.75) is 52.9 Å². The highest BCUT2D eigenvalue weighted by molar-refractivity contribution is 4.88. The summed E-state index contributed by atoms with van der Waals surface area (Å²) in [5.74, 6) is 3.56. The van der Waals surface area contributed by atoms with Gasteiger partial charge in [-0.2, -0.15) is 0 Å². The smallest absolute Gasteiger partial charge is 0.0272 e. The Balaban J connectivity index is 2.39. The second kappa shape index (κ2) is 4.13. The molecule has 1 fully saturated rings. The van der Waals surface area contributed by atoms with E-state index >= 15 is 0 Å². The SMILES string of the molecule is C[C](C)C1CCCCC(C)C1. The van der Waals surface area contributed by atoms with Gasteiger partial charge in [0.15, 0.2) is 0 Å². The number of rotatable bonds is 1. The van der Waals surface area contributed by atoms with Crippen molar-refractivity contribution in [1.29, 1.82) is 0 Å². The maximum absolute atomic E-state index is 2.40. The Morgan fingerprint density at radius 1 is 1.09 bits per heavy atom. The second-order valence-corrected chi connectivity index (χ2v) is 4.40. The van der Waals surface area contributed by atoms with Gasteiger partial charge in [0.25, 0.3) is 0 Å². The van der Waals surface area contributed by atoms with Crippen LogP contribution in [0.2, 0.25) is 0 Å². The van der Waals surface area contributed by atoms with Crippen LogP contribution < -0.4 is 0 Å². The predicted molar refractivity (Wildman–Crippen MR) is 50.3 cm³/mol. The molecule has 0 N–H and O–H groups in total. The first-order valence-electron chi connectivity index (χ1n) is 5.00. The lowest BCUT2D eigenvalue weighted by Gasteiger charge is -2.19. The van der Waals surface area contributed by atoms with E-state index in [4.69, 9.17) is 0 Å². The molecule has 0 saturated heterocycles. The van der Waals surface area contributed by atoms with E-state index in [-0.39, 0.29) is 0 Å². The lowest BCUT2D eigenvalue weighted by molar-refractivity contribution is 0.409. The zero-order valence-corrected chi connectivity index (χ0v) is 8.19. The maximum Gasteiger partial charge on any atom is -0.0272 e. The molecule has 1 aliphatic carbocycles. The van der Waals surface area contributed by atoms with E-state index in [0.717, 1.165) is 11.8 Å². The van der Waals surface area contributed by atoms with Crippen LogP contribution in [0.3, 0.4) is 0 Å². The van der Waals surface area contributed by atoms with Crippen LogP contribution in [0.25, 0.3) is 0 Å². The van der Waals surface area contributed by atoms with Crippen molar-refractivity contribution in [3.63, 3.8) is 0 Å². The summed E-state index contributed by atoms with van der Waals surface area (Å²) in [7, 11) is 0. The molecule has 0 aromatic heterocycles. The highest BCUT2D eigenvalue weighted by Gasteiger charge is 2.19. The fraction of sp³-hybridized carbons (Fsp3) is 0.909. The van der Waals surface area contributed by atoms with Gasteiger partial charge < -0.3 is 0 Å². The molecule has 0 nitrogen and oxygen atoms in total. The van der Waals surface area contributed by atoms with Gasteiger partial charge in [0, 0.05) is 0 Å². The van der Waals surface area contributed by atoms with Crippen LogP contribution in [0.4, 0.5) is 0 Å². The molecule has 0 amide bonds. The maximum atomic E-state index is 2.40. The third-order valence-corrected chi connectivity index (χ3v) is 3.00. The molecule has 1 saturated carbocycles. The lowest BCUT2D eigenvalue weighted by Crippen LogP contribution is -2.08. The van der Waals surface area contributed by atoms with E-state index in [1.807, 2.05) is 0 Å². The summed E-state index contributed by atoms with van der Waals surface area (Å²) in [5, 5.41) is 0. The Bertz CT molecular complexity index is 105. The fourth-order valence-electron chi connectivity index (χ4n) is 2.13. The zero-order chi connectivity index (χ0) is 8.27. The first-order valence-corrected chi connectivity index (χ1v) is 5.00. The summed E-state index contributed by atoms with van der Waals surface area (Å²) < 4.78 is 0. The van der Waals surface area contributed by atoms with Gasteiger partial charge in [-0.15, -0.1) is 0 Å². The topological polar surface area (TPSA) is 0 Å². The average molecular weight is 153 g/mol. The van der Waals surface area contributed by atoms with E-state index < -0.39 is 0 Å². The molecule has 1 aliphatic rings. The molecule has 2 unspecified atom stereocenters. The molecule has 0 bridgehead atoms. The Morgan fingerprint density at radius 2 is 1.73 bits per heavy atom. The summed E-state index contributed by atoms with van der Waals surface area (Å²) in [4.78, 5) is 0. The third-order valence-electron chi connectivity index (χ3n) is 3.00. The third kappa shape index (κ3) is 2.84. The van der Waals surface area contributed by atoms with E-state index in [1.54, 1.807) is 5.92 Å². The molecule has 65 valence electrons. The van der Waals surface area contributed by atoms with Gasteiger partial charge in [0.05, 0.1) is 0 Å². The predicted octanol–water partition coefficient (Wildman–Crippen LogP) is 3.82. The highest BCUT2D eigenvalue weighted by Crippen LogP contribution is 2.32. The normalized spacial score (nSPS) is 33.8.